The van der Waals surface area contributed by atoms with E-state index in [-0.39, 0.29) is 5.91 Å². The molecule has 0 fully saturated rings. The molecule has 0 spiro atoms. The van der Waals surface area contributed by atoms with Crippen LogP contribution < -0.4 is 5.32 Å². The maximum atomic E-state index is 11.9. The molecule has 2 heterocycles. The lowest BCUT2D eigenvalue weighted by molar-refractivity contribution is -0.110. The van der Waals surface area contributed by atoms with Crippen molar-refractivity contribution < 1.29 is 9.21 Å². The standard InChI is InChI=1S/C13H8INO2/c14-9-1-2-12-10(6-9)11(13(16)15-12)5-8-3-4-17-7-8/h1-7H,(H,15,16). The minimum Gasteiger partial charge on any atom is -0.472 e. The molecule has 0 saturated carbocycles. The van der Waals surface area contributed by atoms with E-state index in [0.717, 1.165) is 20.4 Å². The van der Waals surface area contributed by atoms with Gasteiger partial charge >= 0.3 is 0 Å². The maximum absolute atomic E-state index is 11.9. The third-order valence-corrected chi connectivity index (χ3v) is 3.29. The highest BCUT2D eigenvalue weighted by Crippen LogP contribution is 2.34. The summed E-state index contributed by atoms with van der Waals surface area (Å²) < 4.78 is 6.10. The number of carbonyl (C=O) groups excluding carboxylic acids is 1. The van der Waals surface area contributed by atoms with Crippen LogP contribution in [0.5, 0.6) is 0 Å². The second-order valence-electron chi connectivity index (χ2n) is 3.76. The number of fused-ring (bicyclic) bond motifs is 1. The summed E-state index contributed by atoms with van der Waals surface area (Å²) in [6.45, 7) is 0. The highest BCUT2D eigenvalue weighted by molar-refractivity contribution is 14.1. The summed E-state index contributed by atoms with van der Waals surface area (Å²) >= 11 is 2.24. The molecule has 1 aliphatic heterocycles. The molecule has 3 nitrogen and oxygen atoms in total. The van der Waals surface area contributed by atoms with Crippen molar-refractivity contribution in [2.45, 2.75) is 0 Å². The van der Waals surface area contributed by atoms with E-state index in [4.69, 9.17) is 4.42 Å². The fourth-order valence-electron chi connectivity index (χ4n) is 1.83. The van der Waals surface area contributed by atoms with E-state index in [1.54, 1.807) is 12.5 Å². The first kappa shape index (κ1) is 10.6. The first-order valence-corrected chi connectivity index (χ1v) is 6.17. The third kappa shape index (κ3) is 1.88. The van der Waals surface area contributed by atoms with Gasteiger partial charge in [0.2, 0.25) is 0 Å². The number of carbonyl (C=O) groups is 1. The van der Waals surface area contributed by atoms with Crippen molar-refractivity contribution in [1.82, 2.24) is 0 Å². The van der Waals surface area contributed by atoms with E-state index < -0.39 is 0 Å². The summed E-state index contributed by atoms with van der Waals surface area (Å²) in [6, 6.07) is 7.72. The molecule has 84 valence electrons. The molecule has 0 aliphatic carbocycles. The van der Waals surface area contributed by atoms with Crippen LogP contribution in [0.3, 0.4) is 0 Å². The average Bonchev–Trinajstić information content (AvgIpc) is 2.90. The topological polar surface area (TPSA) is 42.2 Å². The zero-order valence-corrected chi connectivity index (χ0v) is 10.9. The summed E-state index contributed by atoms with van der Waals surface area (Å²) in [5.74, 6) is -0.0665. The first-order valence-electron chi connectivity index (χ1n) is 5.09. The summed E-state index contributed by atoms with van der Waals surface area (Å²) in [7, 11) is 0. The van der Waals surface area contributed by atoms with Crippen LogP contribution >= 0.6 is 22.6 Å². The third-order valence-electron chi connectivity index (χ3n) is 2.62. The lowest BCUT2D eigenvalue weighted by Gasteiger charge is -1.98. The molecule has 3 rings (SSSR count). The Bertz CT molecular complexity index is 614. The quantitative estimate of drug-likeness (QED) is 0.640. The predicted octanol–water partition coefficient (Wildman–Crippen LogP) is 3.38. The van der Waals surface area contributed by atoms with Gasteiger partial charge in [-0.3, -0.25) is 4.79 Å². The van der Waals surface area contributed by atoms with Gasteiger partial charge in [-0.05, 0) is 52.9 Å². The summed E-state index contributed by atoms with van der Waals surface area (Å²) in [4.78, 5) is 11.9. The molecule has 0 atom stereocenters. The molecule has 0 bridgehead atoms. The van der Waals surface area contributed by atoms with E-state index in [2.05, 4.69) is 27.9 Å². The zero-order chi connectivity index (χ0) is 11.8. The second kappa shape index (κ2) is 4.03. The van der Waals surface area contributed by atoms with E-state index >= 15 is 0 Å². The van der Waals surface area contributed by atoms with Gasteiger partial charge in [-0.1, -0.05) is 0 Å². The number of benzene rings is 1. The summed E-state index contributed by atoms with van der Waals surface area (Å²) in [5.41, 5.74) is 3.38. The monoisotopic (exact) mass is 337 g/mol. The van der Waals surface area contributed by atoms with Crippen LogP contribution in [0, 0.1) is 3.57 Å². The predicted molar refractivity (Wildman–Crippen MR) is 74.4 cm³/mol. The van der Waals surface area contributed by atoms with Crippen LogP contribution in [0.2, 0.25) is 0 Å². The van der Waals surface area contributed by atoms with Crippen LogP contribution in [-0.4, -0.2) is 5.91 Å². The van der Waals surface area contributed by atoms with Crippen LogP contribution in [0.4, 0.5) is 5.69 Å². The SMILES string of the molecule is O=C1Nc2ccc(I)cc2C1=Cc1ccoc1. The van der Waals surface area contributed by atoms with Gasteiger partial charge < -0.3 is 9.73 Å². The molecule has 1 N–H and O–H groups in total. The number of anilines is 1. The highest BCUT2D eigenvalue weighted by Gasteiger charge is 2.23. The molecule has 2 aromatic rings. The fraction of sp³-hybridized carbons (Fsp3) is 0. The minimum absolute atomic E-state index is 0.0665. The van der Waals surface area contributed by atoms with Crippen molar-refractivity contribution in [1.29, 1.82) is 0 Å². The van der Waals surface area contributed by atoms with Crippen molar-refractivity contribution in [2.24, 2.45) is 0 Å². The van der Waals surface area contributed by atoms with Crippen molar-refractivity contribution >= 4 is 45.8 Å². The molecule has 1 aromatic heterocycles. The van der Waals surface area contributed by atoms with E-state index in [0.29, 0.717) is 5.57 Å². The Morgan fingerprint density at radius 1 is 1.29 bits per heavy atom. The van der Waals surface area contributed by atoms with Crippen molar-refractivity contribution in [3.8, 4) is 0 Å². The second-order valence-corrected chi connectivity index (χ2v) is 5.00. The minimum atomic E-state index is -0.0665. The Kier molecular flexibility index (Phi) is 2.51. The molecule has 0 saturated heterocycles. The molecule has 17 heavy (non-hydrogen) atoms. The molecule has 4 heteroatoms. The molecular weight excluding hydrogens is 329 g/mol. The van der Waals surface area contributed by atoms with E-state index in [9.17, 15) is 4.79 Å². The normalized spacial score (nSPS) is 16.1. The summed E-state index contributed by atoms with van der Waals surface area (Å²) in [5, 5.41) is 2.85. The molecule has 0 unspecified atom stereocenters. The van der Waals surface area contributed by atoms with Crippen molar-refractivity contribution in [3.05, 3.63) is 51.5 Å². The number of nitrogens with one attached hydrogen (secondary N) is 1. The van der Waals surface area contributed by atoms with Gasteiger partial charge in [0.15, 0.2) is 0 Å². The first-order chi connectivity index (χ1) is 8.24. The number of rotatable bonds is 1. The number of furan rings is 1. The van der Waals surface area contributed by atoms with Gasteiger partial charge in [0.25, 0.3) is 5.91 Å². The van der Waals surface area contributed by atoms with E-state index in [1.807, 2.05) is 30.3 Å². The lowest BCUT2D eigenvalue weighted by Crippen LogP contribution is -2.03. The largest absolute Gasteiger partial charge is 0.472 e. The molecule has 0 radical (unpaired) electrons. The number of hydrogen-bond donors (Lipinski definition) is 1. The van der Waals surface area contributed by atoms with Gasteiger partial charge in [0.05, 0.1) is 12.5 Å². The van der Waals surface area contributed by atoms with Gasteiger partial charge in [-0.15, -0.1) is 0 Å². The van der Waals surface area contributed by atoms with E-state index in [1.165, 1.54) is 0 Å². The average molecular weight is 337 g/mol. The fourth-order valence-corrected chi connectivity index (χ4v) is 2.32. The van der Waals surface area contributed by atoms with Crippen LogP contribution in [0.25, 0.3) is 11.6 Å². The van der Waals surface area contributed by atoms with Gasteiger partial charge in [-0.2, -0.15) is 0 Å². The number of amides is 1. The van der Waals surface area contributed by atoms with Crippen LogP contribution in [-0.2, 0) is 4.79 Å². The Labute approximate surface area is 112 Å². The zero-order valence-electron chi connectivity index (χ0n) is 8.74. The molecular formula is C13H8INO2. The van der Waals surface area contributed by atoms with Crippen LogP contribution in [0.15, 0.2) is 41.2 Å². The van der Waals surface area contributed by atoms with Crippen molar-refractivity contribution in [3.63, 3.8) is 0 Å². The van der Waals surface area contributed by atoms with Crippen LogP contribution in [0.1, 0.15) is 11.1 Å². The Hall–Kier alpha value is -1.56. The lowest BCUT2D eigenvalue weighted by atomic mass is 10.1. The molecule has 1 aromatic carbocycles. The highest BCUT2D eigenvalue weighted by atomic mass is 127. The Morgan fingerprint density at radius 3 is 2.94 bits per heavy atom. The number of halogens is 1. The maximum Gasteiger partial charge on any atom is 0.256 e. The summed E-state index contributed by atoms with van der Waals surface area (Å²) in [6.07, 6.45) is 5.04. The smallest absolute Gasteiger partial charge is 0.256 e. The van der Waals surface area contributed by atoms with Gasteiger partial charge in [0, 0.05) is 26.0 Å². The Morgan fingerprint density at radius 2 is 2.18 bits per heavy atom. The van der Waals surface area contributed by atoms with Gasteiger partial charge in [-0.25, -0.2) is 0 Å². The number of hydrogen-bond acceptors (Lipinski definition) is 2. The van der Waals surface area contributed by atoms with Gasteiger partial charge in [0.1, 0.15) is 0 Å². The van der Waals surface area contributed by atoms with Crippen molar-refractivity contribution in [2.75, 3.05) is 5.32 Å². The molecule has 1 aliphatic rings. The molecule has 1 amide bonds. The Balaban J connectivity index is 2.13.